The van der Waals surface area contributed by atoms with Gasteiger partial charge in [0.05, 0.1) is 0 Å². The molecule has 1 atom stereocenters. The lowest BCUT2D eigenvalue weighted by Crippen LogP contribution is -2.18. The van der Waals surface area contributed by atoms with Gasteiger partial charge in [-0.1, -0.05) is 30.3 Å². The topological polar surface area (TPSA) is 52.5 Å². The molecular formula is C16H19NO2. The number of phenols is 2. The fourth-order valence-electron chi connectivity index (χ4n) is 2.13. The molecule has 3 heteroatoms. The summed E-state index contributed by atoms with van der Waals surface area (Å²) in [6, 6.07) is 13.4. The van der Waals surface area contributed by atoms with E-state index in [1.54, 1.807) is 12.1 Å². The van der Waals surface area contributed by atoms with Crippen molar-refractivity contribution in [3.05, 3.63) is 59.2 Å². The average molecular weight is 257 g/mol. The quantitative estimate of drug-likeness (QED) is 0.737. The molecule has 1 unspecified atom stereocenters. The monoisotopic (exact) mass is 257 g/mol. The summed E-state index contributed by atoms with van der Waals surface area (Å²) < 4.78 is 0. The summed E-state index contributed by atoms with van der Waals surface area (Å²) in [6.45, 7) is 4.85. The maximum Gasteiger partial charge on any atom is 0.157 e. The van der Waals surface area contributed by atoms with E-state index in [1.807, 2.05) is 12.1 Å². The molecule has 0 saturated heterocycles. The first-order valence-electron chi connectivity index (χ1n) is 6.37. The van der Waals surface area contributed by atoms with Crippen LogP contribution in [0.3, 0.4) is 0 Å². The molecule has 100 valence electrons. The summed E-state index contributed by atoms with van der Waals surface area (Å²) in [7, 11) is 0. The van der Waals surface area contributed by atoms with E-state index in [2.05, 4.69) is 31.3 Å². The van der Waals surface area contributed by atoms with Crippen molar-refractivity contribution in [2.75, 3.05) is 0 Å². The molecular weight excluding hydrogens is 238 g/mol. The van der Waals surface area contributed by atoms with Crippen molar-refractivity contribution in [3.8, 4) is 11.5 Å². The van der Waals surface area contributed by atoms with Crippen molar-refractivity contribution in [1.82, 2.24) is 5.32 Å². The molecule has 0 aromatic heterocycles. The van der Waals surface area contributed by atoms with Gasteiger partial charge in [0.25, 0.3) is 0 Å². The van der Waals surface area contributed by atoms with Gasteiger partial charge in [-0.2, -0.15) is 0 Å². The second-order valence-electron chi connectivity index (χ2n) is 4.78. The first-order valence-corrected chi connectivity index (χ1v) is 6.37. The molecule has 0 radical (unpaired) electrons. The first kappa shape index (κ1) is 13.4. The lowest BCUT2D eigenvalue weighted by atomic mass is 10.0. The largest absolute Gasteiger partial charge is 0.504 e. The Labute approximate surface area is 113 Å². The highest BCUT2D eigenvalue weighted by Gasteiger charge is 2.07. The van der Waals surface area contributed by atoms with Gasteiger partial charge in [0, 0.05) is 12.6 Å². The molecule has 0 amide bonds. The number of benzene rings is 2. The van der Waals surface area contributed by atoms with Gasteiger partial charge in [0.2, 0.25) is 0 Å². The van der Waals surface area contributed by atoms with Gasteiger partial charge in [0.15, 0.2) is 11.5 Å². The van der Waals surface area contributed by atoms with E-state index in [-0.39, 0.29) is 17.5 Å². The van der Waals surface area contributed by atoms with Crippen molar-refractivity contribution in [3.63, 3.8) is 0 Å². The minimum atomic E-state index is -0.0873. The maximum absolute atomic E-state index is 9.45. The Kier molecular flexibility index (Phi) is 4.07. The third-order valence-electron chi connectivity index (χ3n) is 3.31. The van der Waals surface area contributed by atoms with Crippen LogP contribution in [-0.2, 0) is 6.54 Å². The van der Waals surface area contributed by atoms with Crippen LogP contribution >= 0.6 is 0 Å². The van der Waals surface area contributed by atoms with Crippen LogP contribution in [0, 0.1) is 6.92 Å². The number of aryl methyl sites for hydroxylation is 1. The number of hydrogen-bond acceptors (Lipinski definition) is 3. The van der Waals surface area contributed by atoms with E-state index in [0.29, 0.717) is 6.54 Å². The van der Waals surface area contributed by atoms with Gasteiger partial charge in [-0.3, -0.25) is 0 Å². The highest BCUT2D eigenvalue weighted by Crippen LogP contribution is 2.25. The van der Waals surface area contributed by atoms with Gasteiger partial charge in [-0.15, -0.1) is 0 Å². The Hall–Kier alpha value is -2.00. The molecule has 0 heterocycles. The molecule has 0 spiro atoms. The predicted molar refractivity (Wildman–Crippen MR) is 76.2 cm³/mol. The molecule has 0 aliphatic heterocycles. The second-order valence-corrected chi connectivity index (χ2v) is 4.78. The van der Waals surface area contributed by atoms with Crippen LogP contribution < -0.4 is 5.32 Å². The Morgan fingerprint density at radius 3 is 2.47 bits per heavy atom. The van der Waals surface area contributed by atoms with Gasteiger partial charge in [-0.25, -0.2) is 0 Å². The fraction of sp³-hybridized carbons (Fsp3) is 0.250. The molecule has 0 aliphatic rings. The lowest BCUT2D eigenvalue weighted by Gasteiger charge is -2.16. The summed E-state index contributed by atoms with van der Waals surface area (Å²) in [5.74, 6) is -0.168. The summed E-state index contributed by atoms with van der Waals surface area (Å²) in [6.07, 6.45) is 0. The Morgan fingerprint density at radius 2 is 1.79 bits per heavy atom. The predicted octanol–water partition coefficient (Wildman–Crippen LogP) is 3.26. The summed E-state index contributed by atoms with van der Waals surface area (Å²) in [4.78, 5) is 0. The zero-order chi connectivity index (χ0) is 13.8. The molecule has 3 nitrogen and oxygen atoms in total. The average Bonchev–Trinajstić information content (AvgIpc) is 2.40. The van der Waals surface area contributed by atoms with E-state index in [4.69, 9.17) is 0 Å². The van der Waals surface area contributed by atoms with Crippen LogP contribution in [-0.4, -0.2) is 10.2 Å². The van der Waals surface area contributed by atoms with Crippen molar-refractivity contribution in [1.29, 1.82) is 0 Å². The summed E-state index contributed by atoms with van der Waals surface area (Å²) >= 11 is 0. The molecule has 0 aliphatic carbocycles. The van der Waals surface area contributed by atoms with Crippen LogP contribution in [0.5, 0.6) is 11.5 Å². The standard InChI is InChI=1S/C16H19NO2/c1-11-5-3-4-6-14(11)12(2)17-10-13-7-8-15(18)16(19)9-13/h3-9,12,17-19H,10H2,1-2H3. The lowest BCUT2D eigenvalue weighted by molar-refractivity contribution is 0.402. The van der Waals surface area contributed by atoms with E-state index in [1.165, 1.54) is 17.2 Å². The van der Waals surface area contributed by atoms with Crippen molar-refractivity contribution >= 4 is 0 Å². The molecule has 2 rings (SSSR count). The van der Waals surface area contributed by atoms with Gasteiger partial charge >= 0.3 is 0 Å². The minimum absolute atomic E-state index is 0.0807. The number of phenolic OH excluding ortho intramolecular Hbond substituents is 2. The van der Waals surface area contributed by atoms with Gasteiger partial charge < -0.3 is 15.5 Å². The van der Waals surface area contributed by atoms with E-state index >= 15 is 0 Å². The smallest absolute Gasteiger partial charge is 0.157 e. The highest BCUT2D eigenvalue weighted by molar-refractivity contribution is 5.40. The first-order chi connectivity index (χ1) is 9.08. The number of aromatic hydroxyl groups is 2. The Bertz CT molecular complexity index is 566. The SMILES string of the molecule is Cc1ccccc1C(C)NCc1ccc(O)c(O)c1. The summed E-state index contributed by atoms with van der Waals surface area (Å²) in [5, 5.41) is 22.1. The molecule has 0 bridgehead atoms. The molecule has 2 aromatic rings. The van der Waals surface area contributed by atoms with Gasteiger partial charge in [-0.05, 0) is 42.7 Å². The molecule has 0 saturated carbocycles. The highest BCUT2D eigenvalue weighted by atomic mass is 16.3. The molecule has 3 N–H and O–H groups in total. The number of hydrogen-bond donors (Lipinski definition) is 3. The second kappa shape index (κ2) is 5.76. The minimum Gasteiger partial charge on any atom is -0.504 e. The van der Waals surface area contributed by atoms with E-state index < -0.39 is 0 Å². The molecule has 19 heavy (non-hydrogen) atoms. The zero-order valence-electron chi connectivity index (χ0n) is 11.2. The van der Waals surface area contributed by atoms with Gasteiger partial charge in [0.1, 0.15) is 0 Å². The molecule has 2 aromatic carbocycles. The van der Waals surface area contributed by atoms with Crippen LogP contribution in [0.2, 0.25) is 0 Å². The van der Waals surface area contributed by atoms with Crippen LogP contribution in [0.4, 0.5) is 0 Å². The Morgan fingerprint density at radius 1 is 1.05 bits per heavy atom. The van der Waals surface area contributed by atoms with Crippen molar-refractivity contribution in [2.45, 2.75) is 26.4 Å². The van der Waals surface area contributed by atoms with E-state index in [0.717, 1.165) is 5.56 Å². The van der Waals surface area contributed by atoms with Crippen LogP contribution in [0.15, 0.2) is 42.5 Å². The summed E-state index contributed by atoms with van der Waals surface area (Å²) in [5.41, 5.74) is 3.47. The normalized spacial score (nSPS) is 12.3. The van der Waals surface area contributed by atoms with Crippen molar-refractivity contribution in [2.24, 2.45) is 0 Å². The number of rotatable bonds is 4. The van der Waals surface area contributed by atoms with Crippen molar-refractivity contribution < 1.29 is 10.2 Å². The third kappa shape index (κ3) is 3.26. The maximum atomic E-state index is 9.45. The zero-order valence-corrected chi connectivity index (χ0v) is 11.2. The molecule has 0 fully saturated rings. The number of nitrogens with one attached hydrogen (secondary N) is 1. The van der Waals surface area contributed by atoms with Crippen LogP contribution in [0.25, 0.3) is 0 Å². The Balaban J connectivity index is 2.02. The third-order valence-corrected chi connectivity index (χ3v) is 3.31. The van der Waals surface area contributed by atoms with Crippen LogP contribution in [0.1, 0.15) is 29.7 Å². The van der Waals surface area contributed by atoms with E-state index in [9.17, 15) is 10.2 Å². The fourth-order valence-corrected chi connectivity index (χ4v) is 2.13.